The molecule has 142 valence electrons. The average Bonchev–Trinajstić information content (AvgIpc) is 2.71. The van der Waals surface area contributed by atoms with Gasteiger partial charge in [0.1, 0.15) is 5.82 Å². The monoisotopic (exact) mass is 365 g/mol. The van der Waals surface area contributed by atoms with Crippen molar-refractivity contribution in [3.8, 4) is 0 Å². The Hall–Kier alpha value is -2.89. The molecule has 2 heterocycles. The minimum absolute atomic E-state index is 0.111. The summed E-state index contributed by atoms with van der Waals surface area (Å²) in [5, 5.41) is 6.07. The largest absolute Gasteiger partial charge is 0.356 e. The first-order valence-electron chi connectivity index (χ1n) is 9.56. The summed E-state index contributed by atoms with van der Waals surface area (Å²) in [7, 11) is 0. The number of amides is 1. The van der Waals surface area contributed by atoms with Crippen LogP contribution in [0.2, 0.25) is 0 Å². The summed E-state index contributed by atoms with van der Waals surface area (Å²) >= 11 is 0. The van der Waals surface area contributed by atoms with Gasteiger partial charge in [-0.15, -0.1) is 0 Å². The molecule has 0 bridgehead atoms. The van der Waals surface area contributed by atoms with Crippen LogP contribution in [0.5, 0.6) is 0 Å². The number of hydrogen-bond donors (Lipinski definition) is 2. The van der Waals surface area contributed by atoms with Crippen molar-refractivity contribution in [2.75, 3.05) is 36.4 Å². The number of carbonyl (C=O) groups is 1. The quantitative estimate of drug-likeness (QED) is 0.583. The third kappa shape index (κ3) is 6.09. The van der Waals surface area contributed by atoms with E-state index in [9.17, 15) is 4.79 Å². The molecule has 1 fully saturated rings. The number of hydrogen-bond acceptors (Lipinski definition) is 5. The number of piperidine rings is 1. The first kappa shape index (κ1) is 18.9. The van der Waals surface area contributed by atoms with Gasteiger partial charge in [-0.05, 0) is 37.8 Å². The molecule has 1 amide bonds. The second-order valence-electron chi connectivity index (χ2n) is 6.70. The lowest BCUT2D eigenvalue weighted by Gasteiger charge is -2.28. The summed E-state index contributed by atoms with van der Waals surface area (Å²) in [4.78, 5) is 23.3. The Morgan fingerprint density at radius 2 is 1.89 bits per heavy atom. The average molecular weight is 365 g/mol. The van der Waals surface area contributed by atoms with Crippen LogP contribution in [0.15, 0.2) is 42.5 Å². The molecule has 3 rings (SSSR count). The van der Waals surface area contributed by atoms with Gasteiger partial charge in [0.15, 0.2) is 0 Å². The van der Waals surface area contributed by atoms with Crippen LogP contribution < -0.4 is 15.5 Å². The van der Waals surface area contributed by atoms with Gasteiger partial charge in [-0.25, -0.2) is 4.98 Å². The number of anilines is 2. The Bertz CT molecular complexity index is 769. The fraction of sp³-hybridized carbons (Fsp3) is 0.381. The van der Waals surface area contributed by atoms with Crippen LogP contribution >= 0.6 is 0 Å². The summed E-state index contributed by atoms with van der Waals surface area (Å²) in [5.41, 5.74) is 1.95. The molecule has 6 nitrogen and oxygen atoms in total. The normalized spacial score (nSPS) is 14.3. The molecule has 27 heavy (non-hydrogen) atoms. The molecule has 0 aliphatic carbocycles. The lowest BCUT2D eigenvalue weighted by atomic mass is 10.1. The second-order valence-corrected chi connectivity index (χ2v) is 6.70. The molecular formula is C21H27N5O. The van der Waals surface area contributed by atoms with Gasteiger partial charge in [0.05, 0.1) is 0 Å². The minimum atomic E-state index is -0.111. The Balaban J connectivity index is 1.45. The molecule has 0 saturated carbocycles. The van der Waals surface area contributed by atoms with E-state index in [1.165, 1.54) is 19.3 Å². The highest BCUT2D eigenvalue weighted by molar-refractivity contribution is 5.91. The lowest BCUT2D eigenvalue weighted by molar-refractivity contribution is -0.116. The summed E-state index contributed by atoms with van der Waals surface area (Å²) in [5.74, 6) is 1.49. The van der Waals surface area contributed by atoms with Crippen LogP contribution in [0.25, 0.3) is 6.08 Å². The molecule has 2 N–H and O–H groups in total. The highest BCUT2D eigenvalue weighted by Crippen LogP contribution is 2.19. The lowest BCUT2D eigenvalue weighted by Crippen LogP contribution is -2.31. The number of aryl methyl sites for hydroxylation is 1. The standard InChI is InChI=1S/C21H27N5O/c1-17-16-19(26-14-6-3-7-15-26)25-21(24-17)23-13-12-22-20(27)11-10-18-8-4-2-5-9-18/h2,4-5,8-11,16H,3,6-7,12-15H2,1H3,(H,22,27)(H,23,24,25). The maximum atomic E-state index is 11.9. The fourth-order valence-electron chi connectivity index (χ4n) is 3.07. The van der Waals surface area contributed by atoms with E-state index in [2.05, 4.69) is 25.5 Å². The number of benzene rings is 1. The van der Waals surface area contributed by atoms with E-state index < -0.39 is 0 Å². The van der Waals surface area contributed by atoms with Gasteiger partial charge in [0.25, 0.3) is 0 Å². The Labute approximate surface area is 160 Å². The van der Waals surface area contributed by atoms with E-state index in [1.807, 2.05) is 43.3 Å². The number of aromatic nitrogens is 2. The van der Waals surface area contributed by atoms with Crippen molar-refractivity contribution in [2.24, 2.45) is 0 Å². The summed E-state index contributed by atoms with van der Waals surface area (Å²) < 4.78 is 0. The highest BCUT2D eigenvalue weighted by Gasteiger charge is 2.13. The molecule has 0 atom stereocenters. The molecule has 2 aromatic rings. The van der Waals surface area contributed by atoms with Crippen molar-refractivity contribution < 1.29 is 4.79 Å². The van der Waals surface area contributed by atoms with E-state index in [0.29, 0.717) is 19.0 Å². The Morgan fingerprint density at radius 3 is 2.67 bits per heavy atom. The van der Waals surface area contributed by atoms with Crippen molar-refractivity contribution in [3.05, 3.63) is 53.7 Å². The van der Waals surface area contributed by atoms with E-state index >= 15 is 0 Å². The fourth-order valence-corrected chi connectivity index (χ4v) is 3.07. The molecule has 0 unspecified atom stereocenters. The van der Waals surface area contributed by atoms with Crippen molar-refractivity contribution in [1.29, 1.82) is 0 Å². The van der Waals surface area contributed by atoms with E-state index in [0.717, 1.165) is 30.2 Å². The number of nitrogens with one attached hydrogen (secondary N) is 2. The molecule has 1 aromatic carbocycles. The van der Waals surface area contributed by atoms with Crippen molar-refractivity contribution >= 4 is 23.7 Å². The predicted molar refractivity (Wildman–Crippen MR) is 110 cm³/mol. The highest BCUT2D eigenvalue weighted by atomic mass is 16.1. The van der Waals surface area contributed by atoms with Crippen molar-refractivity contribution in [3.63, 3.8) is 0 Å². The first-order valence-corrected chi connectivity index (χ1v) is 9.56. The molecule has 0 radical (unpaired) electrons. The molecular weight excluding hydrogens is 338 g/mol. The summed E-state index contributed by atoms with van der Waals surface area (Å²) in [6.07, 6.45) is 7.08. The zero-order valence-corrected chi connectivity index (χ0v) is 15.8. The molecule has 1 aliphatic rings. The van der Waals surface area contributed by atoms with Crippen molar-refractivity contribution in [1.82, 2.24) is 15.3 Å². The van der Waals surface area contributed by atoms with Gasteiger partial charge in [0.2, 0.25) is 11.9 Å². The molecule has 1 aromatic heterocycles. The number of nitrogens with zero attached hydrogens (tertiary/aromatic N) is 3. The first-order chi connectivity index (χ1) is 13.2. The van der Waals surface area contributed by atoms with Gasteiger partial charge in [-0.2, -0.15) is 4.98 Å². The summed E-state index contributed by atoms with van der Waals surface area (Å²) in [6, 6.07) is 11.8. The third-order valence-electron chi connectivity index (χ3n) is 4.45. The van der Waals surface area contributed by atoms with Crippen LogP contribution in [-0.2, 0) is 4.79 Å². The third-order valence-corrected chi connectivity index (χ3v) is 4.45. The maximum Gasteiger partial charge on any atom is 0.244 e. The van der Waals surface area contributed by atoms with Gasteiger partial charge < -0.3 is 15.5 Å². The van der Waals surface area contributed by atoms with Gasteiger partial charge in [-0.3, -0.25) is 4.79 Å². The van der Waals surface area contributed by atoms with E-state index in [-0.39, 0.29) is 5.91 Å². The van der Waals surface area contributed by atoms with Crippen LogP contribution in [-0.4, -0.2) is 42.1 Å². The predicted octanol–water partition coefficient (Wildman–Crippen LogP) is 3.02. The Kier molecular flexibility index (Phi) is 6.79. The number of rotatable bonds is 7. The van der Waals surface area contributed by atoms with Crippen LogP contribution in [0, 0.1) is 6.92 Å². The second kappa shape index (κ2) is 9.71. The van der Waals surface area contributed by atoms with Crippen LogP contribution in [0.3, 0.4) is 0 Å². The minimum Gasteiger partial charge on any atom is -0.356 e. The molecule has 1 aliphatic heterocycles. The van der Waals surface area contributed by atoms with E-state index in [4.69, 9.17) is 0 Å². The van der Waals surface area contributed by atoms with Crippen LogP contribution in [0.4, 0.5) is 11.8 Å². The number of carbonyl (C=O) groups excluding carboxylic acids is 1. The molecule has 6 heteroatoms. The van der Waals surface area contributed by atoms with Gasteiger partial charge in [-0.1, -0.05) is 30.3 Å². The van der Waals surface area contributed by atoms with Gasteiger partial charge in [0, 0.05) is 44.0 Å². The van der Waals surface area contributed by atoms with Crippen molar-refractivity contribution in [2.45, 2.75) is 26.2 Å². The maximum absolute atomic E-state index is 11.9. The van der Waals surface area contributed by atoms with Crippen LogP contribution in [0.1, 0.15) is 30.5 Å². The Morgan fingerprint density at radius 1 is 1.11 bits per heavy atom. The molecule has 0 spiro atoms. The topological polar surface area (TPSA) is 70.2 Å². The van der Waals surface area contributed by atoms with E-state index in [1.54, 1.807) is 12.2 Å². The zero-order chi connectivity index (χ0) is 18.9. The zero-order valence-electron chi connectivity index (χ0n) is 15.8. The summed E-state index contributed by atoms with van der Waals surface area (Å²) in [6.45, 7) is 5.18. The SMILES string of the molecule is Cc1cc(N2CCCCC2)nc(NCCNC(=O)C=Cc2ccccc2)n1. The smallest absolute Gasteiger partial charge is 0.244 e. The molecule has 1 saturated heterocycles. The van der Waals surface area contributed by atoms with Gasteiger partial charge >= 0.3 is 0 Å².